The van der Waals surface area contributed by atoms with Crippen LogP contribution in [0.4, 0.5) is 0 Å². The molecule has 0 aromatic carbocycles. The van der Waals surface area contributed by atoms with Crippen LogP contribution in [0.1, 0.15) is 18.8 Å². The average molecular weight is 328 g/mol. The van der Waals surface area contributed by atoms with Crippen LogP contribution >= 0.6 is 0 Å². The maximum Gasteiger partial charge on any atom is 0.246 e. The molecule has 10 nitrogen and oxygen atoms in total. The van der Waals surface area contributed by atoms with Gasteiger partial charge in [0.1, 0.15) is 30.1 Å². The molecule has 10 heteroatoms. The van der Waals surface area contributed by atoms with Gasteiger partial charge in [-0.05, 0) is 6.92 Å². The molecule has 2 rings (SSSR count). The van der Waals surface area contributed by atoms with Crippen molar-refractivity contribution in [3.05, 3.63) is 24.0 Å². The highest BCUT2D eigenvalue weighted by Gasteiger charge is 2.44. The molecular weight excluding hydrogens is 308 g/mol. The summed E-state index contributed by atoms with van der Waals surface area (Å²) in [7, 11) is 0. The first-order valence-corrected chi connectivity index (χ1v) is 7.00. The zero-order valence-corrected chi connectivity index (χ0v) is 12.5. The Morgan fingerprint density at radius 3 is 2.70 bits per heavy atom. The lowest BCUT2D eigenvalue weighted by Crippen LogP contribution is -2.56. The molecule has 128 valence electrons. The number of nitrogens with zero attached hydrogens (tertiary/aromatic N) is 3. The Bertz CT molecular complexity index is 575. The van der Waals surface area contributed by atoms with E-state index in [0.717, 1.165) is 4.68 Å². The summed E-state index contributed by atoms with van der Waals surface area (Å²) >= 11 is 0. The summed E-state index contributed by atoms with van der Waals surface area (Å²) in [5.74, 6) is -0.326. The number of carbonyl (C=O) groups excluding carboxylic acids is 1. The van der Waals surface area contributed by atoms with Crippen molar-refractivity contribution in [1.82, 2.24) is 20.3 Å². The molecule has 1 fully saturated rings. The van der Waals surface area contributed by atoms with Crippen LogP contribution < -0.4 is 5.32 Å². The van der Waals surface area contributed by atoms with E-state index >= 15 is 0 Å². The fourth-order valence-corrected chi connectivity index (χ4v) is 2.14. The van der Waals surface area contributed by atoms with E-state index in [1.165, 1.54) is 6.20 Å². The van der Waals surface area contributed by atoms with Gasteiger partial charge >= 0.3 is 0 Å². The predicted octanol–water partition coefficient (Wildman–Crippen LogP) is -2.56. The van der Waals surface area contributed by atoms with Gasteiger partial charge in [-0.3, -0.25) is 4.79 Å². The number of hydrogen-bond acceptors (Lipinski definition) is 8. The minimum atomic E-state index is -1.50. The van der Waals surface area contributed by atoms with Crippen LogP contribution in [-0.2, 0) is 16.1 Å². The van der Waals surface area contributed by atoms with Crippen molar-refractivity contribution < 1.29 is 30.0 Å². The van der Waals surface area contributed by atoms with Crippen LogP contribution in [-0.4, -0.2) is 72.3 Å². The van der Waals surface area contributed by atoms with Crippen molar-refractivity contribution in [3.8, 4) is 0 Å². The van der Waals surface area contributed by atoms with E-state index in [2.05, 4.69) is 22.2 Å². The zero-order valence-electron chi connectivity index (χ0n) is 12.5. The maximum absolute atomic E-state index is 11.4. The van der Waals surface area contributed by atoms with Crippen molar-refractivity contribution in [2.45, 2.75) is 44.1 Å². The van der Waals surface area contributed by atoms with Crippen LogP contribution in [0.2, 0.25) is 0 Å². The molecule has 2 heterocycles. The number of amides is 1. The van der Waals surface area contributed by atoms with E-state index in [0.29, 0.717) is 11.3 Å². The topological polar surface area (TPSA) is 150 Å². The molecule has 5 N–H and O–H groups in total. The minimum absolute atomic E-state index is 0.100. The molecule has 1 aliphatic heterocycles. The molecule has 0 radical (unpaired) electrons. The van der Waals surface area contributed by atoms with E-state index in [4.69, 9.17) is 9.84 Å². The third-order valence-corrected chi connectivity index (χ3v) is 3.50. The molecule has 0 unspecified atom stereocenters. The number of ether oxygens (including phenoxy) is 1. The fourth-order valence-electron chi connectivity index (χ4n) is 2.14. The van der Waals surface area contributed by atoms with Crippen molar-refractivity contribution in [3.63, 3.8) is 0 Å². The van der Waals surface area contributed by atoms with Gasteiger partial charge in [0.25, 0.3) is 0 Å². The van der Waals surface area contributed by atoms with Gasteiger partial charge in [0.2, 0.25) is 5.91 Å². The number of nitrogens with one attached hydrogen (secondary N) is 1. The standard InChI is InChI=1S/C13H20N4O6/c1-6(2)12(22)14-3-7-4-17(16-15-7)13-11(21)10(20)9(19)8(5-18)23-13/h4,8-11,13,18-21H,1,3,5H2,2H3,(H,14,22)/t8-,9-,10+,11+,13+/m1/s1. The number of hydrogen-bond donors (Lipinski definition) is 5. The quantitative estimate of drug-likeness (QED) is 0.371. The minimum Gasteiger partial charge on any atom is -0.394 e. The van der Waals surface area contributed by atoms with Crippen LogP contribution in [0.3, 0.4) is 0 Å². The highest BCUT2D eigenvalue weighted by molar-refractivity contribution is 5.91. The molecule has 5 atom stereocenters. The molecule has 0 bridgehead atoms. The number of aliphatic hydroxyl groups excluding tert-OH is 4. The van der Waals surface area contributed by atoms with Gasteiger partial charge in [0, 0.05) is 5.57 Å². The number of aromatic nitrogens is 3. The molecule has 1 aromatic heterocycles. The van der Waals surface area contributed by atoms with Crippen LogP contribution in [0.15, 0.2) is 18.3 Å². The van der Waals surface area contributed by atoms with Crippen LogP contribution in [0.5, 0.6) is 0 Å². The van der Waals surface area contributed by atoms with Gasteiger partial charge in [0.05, 0.1) is 19.3 Å². The summed E-state index contributed by atoms with van der Waals surface area (Å²) < 4.78 is 6.50. The monoisotopic (exact) mass is 328 g/mol. The fraction of sp³-hybridized carbons (Fsp3) is 0.615. The van der Waals surface area contributed by atoms with E-state index in [1.54, 1.807) is 6.92 Å². The van der Waals surface area contributed by atoms with Gasteiger partial charge < -0.3 is 30.5 Å². The van der Waals surface area contributed by atoms with Gasteiger partial charge in [-0.1, -0.05) is 11.8 Å². The highest BCUT2D eigenvalue weighted by Crippen LogP contribution is 2.27. The van der Waals surface area contributed by atoms with Gasteiger partial charge in [-0.25, -0.2) is 4.68 Å². The Morgan fingerprint density at radius 2 is 2.09 bits per heavy atom. The molecule has 1 aliphatic rings. The van der Waals surface area contributed by atoms with Crippen molar-refractivity contribution >= 4 is 5.91 Å². The third kappa shape index (κ3) is 3.74. The predicted molar refractivity (Wildman–Crippen MR) is 75.7 cm³/mol. The maximum atomic E-state index is 11.4. The van der Waals surface area contributed by atoms with Gasteiger partial charge in [-0.2, -0.15) is 0 Å². The van der Waals surface area contributed by atoms with Crippen molar-refractivity contribution in [2.24, 2.45) is 0 Å². The van der Waals surface area contributed by atoms with Crippen molar-refractivity contribution in [1.29, 1.82) is 0 Å². The first-order chi connectivity index (χ1) is 10.8. The second-order valence-electron chi connectivity index (χ2n) is 5.37. The summed E-state index contributed by atoms with van der Waals surface area (Å²) in [5.41, 5.74) is 0.753. The summed E-state index contributed by atoms with van der Waals surface area (Å²) in [5, 5.41) is 48.8. The molecule has 23 heavy (non-hydrogen) atoms. The molecule has 0 saturated carbocycles. The van der Waals surface area contributed by atoms with Crippen LogP contribution in [0.25, 0.3) is 0 Å². The summed E-state index contributed by atoms with van der Waals surface area (Å²) in [6.07, 6.45) is -5.12. The molecule has 0 spiro atoms. The number of carbonyl (C=O) groups is 1. The Hall–Kier alpha value is -1.85. The molecular formula is C13H20N4O6. The first-order valence-electron chi connectivity index (χ1n) is 7.00. The second-order valence-corrected chi connectivity index (χ2v) is 5.37. The smallest absolute Gasteiger partial charge is 0.246 e. The molecule has 1 aromatic rings. The largest absolute Gasteiger partial charge is 0.394 e. The van der Waals surface area contributed by atoms with Gasteiger partial charge in [-0.15, -0.1) is 5.10 Å². The average Bonchev–Trinajstić information content (AvgIpc) is 2.99. The number of rotatable bonds is 5. The third-order valence-electron chi connectivity index (χ3n) is 3.50. The summed E-state index contributed by atoms with van der Waals surface area (Å²) in [6, 6.07) is 0. The summed E-state index contributed by atoms with van der Waals surface area (Å²) in [6.45, 7) is 4.65. The lowest BCUT2D eigenvalue weighted by molar-refractivity contribution is -0.254. The Kier molecular flexibility index (Phi) is 5.44. The van der Waals surface area contributed by atoms with E-state index in [1.807, 2.05) is 0 Å². The lowest BCUT2D eigenvalue weighted by Gasteiger charge is -2.39. The number of aliphatic hydroxyl groups is 4. The molecule has 0 aliphatic carbocycles. The second kappa shape index (κ2) is 7.15. The van der Waals surface area contributed by atoms with E-state index < -0.39 is 37.3 Å². The molecule has 1 amide bonds. The Balaban J connectivity index is 2.07. The van der Waals surface area contributed by atoms with Crippen molar-refractivity contribution in [2.75, 3.05) is 6.61 Å². The Labute approximate surface area is 132 Å². The normalized spacial score (nSPS) is 30.9. The van der Waals surface area contributed by atoms with Gasteiger partial charge in [0.15, 0.2) is 6.23 Å². The zero-order chi connectivity index (χ0) is 17.1. The first kappa shape index (κ1) is 17.5. The Morgan fingerprint density at radius 1 is 1.39 bits per heavy atom. The van der Waals surface area contributed by atoms with E-state index in [9.17, 15) is 20.1 Å². The highest BCUT2D eigenvalue weighted by atomic mass is 16.6. The summed E-state index contributed by atoms with van der Waals surface area (Å²) in [4.78, 5) is 11.4. The van der Waals surface area contributed by atoms with Crippen LogP contribution in [0, 0.1) is 0 Å². The van der Waals surface area contributed by atoms with E-state index in [-0.39, 0.29) is 12.5 Å². The SMILES string of the molecule is C=C(C)C(=O)NCc1cn([C@H]2O[C@H](CO)[C@@H](O)[C@H](O)[C@@H]2O)nn1. The lowest BCUT2D eigenvalue weighted by atomic mass is 9.98. The molecule has 1 saturated heterocycles.